The fourth-order valence-corrected chi connectivity index (χ4v) is 4.84. The number of nitrogens with zero attached hydrogens (tertiary/aromatic N) is 6. The number of amides is 1. The summed E-state index contributed by atoms with van der Waals surface area (Å²) in [7, 11) is 0. The lowest BCUT2D eigenvalue weighted by Gasteiger charge is -2.26. The van der Waals surface area contributed by atoms with Gasteiger partial charge < -0.3 is 9.64 Å². The zero-order chi connectivity index (χ0) is 24.1. The summed E-state index contributed by atoms with van der Waals surface area (Å²) in [5, 5.41) is 6.96. The number of alkyl halides is 2. The molecule has 13 heteroatoms. The van der Waals surface area contributed by atoms with Gasteiger partial charge in [-0.05, 0) is 24.6 Å². The van der Waals surface area contributed by atoms with E-state index < -0.39 is 18.2 Å². The van der Waals surface area contributed by atoms with Gasteiger partial charge in [0.05, 0.1) is 31.1 Å². The number of ether oxygens (including phenoxy) is 1. The summed E-state index contributed by atoms with van der Waals surface area (Å²) in [5.74, 6) is 0.656. The van der Waals surface area contributed by atoms with E-state index in [4.69, 9.17) is 4.74 Å². The van der Waals surface area contributed by atoms with Crippen molar-refractivity contribution in [3.8, 4) is 11.4 Å². The summed E-state index contributed by atoms with van der Waals surface area (Å²) in [6, 6.07) is 5.44. The molecule has 2 aliphatic heterocycles. The first kappa shape index (κ1) is 21.5. The molecular weight excluding hydrogens is 467 g/mol. The average Bonchev–Trinajstić information content (AvgIpc) is 3.42. The summed E-state index contributed by atoms with van der Waals surface area (Å²) < 4.78 is 46.6. The van der Waals surface area contributed by atoms with Crippen LogP contribution in [0.5, 0.6) is 0 Å². The molecule has 2 saturated heterocycles. The summed E-state index contributed by atoms with van der Waals surface area (Å²) in [4.78, 5) is 29.0. The highest BCUT2D eigenvalue weighted by molar-refractivity contribution is 5.98. The lowest BCUT2D eigenvalue weighted by Crippen LogP contribution is -2.32. The van der Waals surface area contributed by atoms with E-state index >= 15 is 0 Å². The number of fused-ring (bicyclic) bond motifs is 4. The largest absolute Gasteiger partial charge is 0.450 e. The molecule has 2 aliphatic rings. The Balaban J connectivity index is 1.43. The maximum atomic E-state index is 13.6. The minimum Gasteiger partial charge on any atom is -0.379 e. The predicted octanol–water partition coefficient (Wildman–Crippen LogP) is 3.94. The number of carbonyl (C=O) groups is 1. The van der Waals surface area contributed by atoms with Crippen LogP contribution >= 0.6 is 0 Å². The summed E-state index contributed by atoms with van der Waals surface area (Å²) in [6.07, 6.45) is 1.09. The Morgan fingerprint density at radius 1 is 1.20 bits per heavy atom. The lowest BCUT2D eigenvalue weighted by molar-refractivity contribution is -0.0544. The van der Waals surface area contributed by atoms with Gasteiger partial charge in [0.15, 0.2) is 11.5 Å². The average molecular weight is 485 g/mol. The molecule has 2 atom stereocenters. The Bertz CT molecular complexity index is 1450. The number of pyridine rings is 3. The highest BCUT2D eigenvalue weighted by Gasteiger charge is 2.36. The van der Waals surface area contributed by atoms with Crippen LogP contribution in [-0.2, 0) is 9.68 Å². The number of anilines is 2. The molecular formula is C22H18F3N7O3. The van der Waals surface area contributed by atoms with Gasteiger partial charge in [-0.15, -0.1) is 5.10 Å². The van der Waals surface area contributed by atoms with Crippen molar-refractivity contribution >= 4 is 34.0 Å². The molecule has 35 heavy (non-hydrogen) atoms. The summed E-state index contributed by atoms with van der Waals surface area (Å²) in [5.41, 5.74) is 1.41. The summed E-state index contributed by atoms with van der Waals surface area (Å²) >= 11 is 0. The maximum absolute atomic E-state index is 13.6. The normalized spacial score (nSPS) is 19.6. The monoisotopic (exact) mass is 485 g/mol. The van der Waals surface area contributed by atoms with E-state index in [9.17, 15) is 18.1 Å². The predicted molar refractivity (Wildman–Crippen MR) is 118 cm³/mol. The third kappa shape index (κ3) is 3.77. The smallest absolute Gasteiger partial charge is 0.379 e. The fraction of sp³-hybridized carbons (Fsp3) is 0.318. The second-order valence-electron chi connectivity index (χ2n) is 8.53. The van der Waals surface area contributed by atoms with Gasteiger partial charge in [-0.3, -0.25) is 10.3 Å². The van der Waals surface area contributed by atoms with Crippen molar-refractivity contribution in [3.63, 3.8) is 0 Å². The van der Waals surface area contributed by atoms with E-state index in [1.54, 1.807) is 4.52 Å². The second-order valence-corrected chi connectivity index (χ2v) is 8.53. The van der Waals surface area contributed by atoms with Crippen LogP contribution in [0.25, 0.3) is 27.8 Å². The van der Waals surface area contributed by atoms with Gasteiger partial charge in [-0.1, -0.05) is 0 Å². The minimum absolute atomic E-state index is 0.0561. The van der Waals surface area contributed by atoms with Gasteiger partial charge in [-0.25, -0.2) is 33.0 Å². The van der Waals surface area contributed by atoms with Crippen LogP contribution in [0.2, 0.25) is 0 Å². The molecule has 0 spiro atoms. The Kier molecular flexibility index (Phi) is 5.13. The van der Waals surface area contributed by atoms with E-state index in [1.165, 1.54) is 12.3 Å². The van der Waals surface area contributed by atoms with Gasteiger partial charge in [0.2, 0.25) is 0 Å². The third-order valence-electron chi connectivity index (χ3n) is 6.36. The summed E-state index contributed by atoms with van der Waals surface area (Å²) in [6.45, 7) is 2.36. The Hall–Kier alpha value is -4.00. The van der Waals surface area contributed by atoms with Crippen LogP contribution in [0, 0.1) is 5.92 Å². The first-order valence-corrected chi connectivity index (χ1v) is 10.9. The standard InChI is InChI=1S/C22H18F3N7O3/c23-20(24)19-15-5-26-17(28-22(33)35-25)4-14(15)16(6-27-19)21-29-18-2-1-12(8-32(18)30-21)31-7-11-3-13(31)10-34-9-11/h1-2,4-6,8,11,13,20H,3,7,9-10H2,(H,26,28,33)/t11-,13-/m0/s1. The highest BCUT2D eigenvalue weighted by atomic mass is 19.3. The van der Waals surface area contributed by atoms with E-state index in [0.717, 1.165) is 31.5 Å². The van der Waals surface area contributed by atoms with Crippen LogP contribution in [0.3, 0.4) is 0 Å². The van der Waals surface area contributed by atoms with Crippen LogP contribution < -0.4 is 10.2 Å². The topological polar surface area (TPSA) is 107 Å². The van der Waals surface area contributed by atoms with Crippen molar-refractivity contribution in [1.29, 1.82) is 0 Å². The molecule has 0 saturated carbocycles. The zero-order valence-electron chi connectivity index (χ0n) is 18.1. The number of rotatable bonds is 4. The quantitative estimate of drug-likeness (QED) is 0.463. The van der Waals surface area contributed by atoms with Gasteiger partial charge in [0, 0.05) is 45.7 Å². The SMILES string of the molecule is O=C(Nc1cc2c(-c3nc4ccc(N5C[C@H]6COC[C@@H]5C6)cn4n3)cnc(C(F)F)c2cn1)OF. The number of nitrogens with one attached hydrogen (secondary N) is 1. The van der Waals surface area contributed by atoms with Crippen LogP contribution in [0.1, 0.15) is 18.5 Å². The zero-order valence-corrected chi connectivity index (χ0v) is 18.1. The molecule has 0 radical (unpaired) electrons. The first-order chi connectivity index (χ1) is 17.0. The molecule has 6 rings (SSSR count). The minimum atomic E-state index is -2.86. The Labute approximate surface area is 195 Å². The van der Waals surface area contributed by atoms with Crippen LogP contribution in [-0.4, -0.2) is 56.5 Å². The van der Waals surface area contributed by atoms with Crippen molar-refractivity contribution in [1.82, 2.24) is 24.6 Å². The number of hydrogen-bond donors (Lipinski definition) is 1. The van der Waals surface area contributed by atoms with Gasteiger partial charge >= 0.3 is 6.09 Å². The fourth-order valence-electron chi connectivity index (χ4n) is 4.84. The van der Waals surface area contributed by atoms with Crippen molar-refractivity contribution in [2.24, 2.45) is 5.92 Å². The van der Waals surface area contributed by atoms with E-state index in [2.05, 4.69) is 35.2 Å². The van der Waals surface area contributed by atoms with E-state index in [-0.39, 0.29) is 22.4 Å². The van der Waals surface area contributed by atoms with E-state index in [1.807, 2.05) is 18.3 Å². The number of hydrogen-bond acceptors (Lipinski definition) is 8. The maximum Gasteiger partial charge on any atom is 0.450 e. The van der Waals surface area contributed by atoms with Crippen LogP contribution in [0.15, 0.2) is 36.8 Å². The molecule has 2 bridgehead atoms. The highest BCUT2D eigenvalue weighted by Crippen LogP contribution is 2.35. The first-order valence-electron chi connectivity index (χ1n) is 10.9. The van der Waals surface area contributed by atoms with Crippen molar-refractivity contribution in [2.75, 3.05) is 30.0 Å². The molecule has 0 unspecified atom stereocenters. The van der Waals surface area contributed by atoms with Crippen molar-refractivity contribution < 1.29 is 27.8 Å². The van der Waals surface area contributed by atoms with Crippen LogP contribution in [0.4, 0.5) is 29.6 Å². The molecule has 6 heterocycles. The molecule has 0 aromatic carbocycles. The third-order valence-corrected chi connectivity index (χ3v) is 6.36. The van der Waals surface area contributed by atoms with E-state index in [0.29, 0.717) is 29.8 Å². The molecule has 1 amide bonds. The van der Waals surface area contributed by atoms with Gasteiger partial charge in [-0.2, -0.15) is 0 Å². The Morgan fingerprint density at radius 3 is 2.89 bits per heavy atom. The lowest BCUT2D eigenvalue weighted by atomic mass is 10.1. The molecule has 10 nitrogen and oxygen atoms in total. The van der Waals surface area contributed by atoms with Crippen molar-refractivity contribution in [2.45, 2.75) is 18.9 Å². The van der Waals surface area contributed by atoms with Gasteiger partial charge in [0.25, 0.3) is 6.43 Å². The van der Waals surface area contributed by atoms with Gasteiger partial charge in [0.1, 0.15) is 11.5 Å². The molecule has 0 aliphatic carbocycles. The molecule has 4 aromatic heterocycles. The Morgan fingerprint density at radius 2 is 2.09 bits per heavy atom. The van der Waals surface area contributed by atoms with Crippen molar-refractivity contribution in [3.05, 3.63) is 42.5 Å². The molecule has 180 valence electrons. The number of halogens is 3. The molecule has 4 aromatic rings. The molecule has 2 fully saturated rings. The number of aromatic nitrogens is 5. The molecule has 1 N–H and O–H groups in total. The number of carbonyl (C=O) groups excluding carboxylic acids is 1. The second kappa shape index (κ2) is 8.34.